The molecule has 0 aliphatic heterocycles. The number of nitro benzene ring substituents is 1. The summed E-state index contributed by atoms with van der Waals surface area (Å²) in [6, 6.07) is 6.23. The van der Waals surface area contributed by atoms with E-state index in [1.54, 1.807) is 12.1 Å². The Balaban J connectivity index is 2.83. The van der Waals surface area contributed by atoms with Gasteiger partial charge in [-0.1, -0.05) is 13.3 Å². The molecule has 102 valence electrons. The Morgan fingerprint density at radius 3 is 2.84 bits per heavy atom. The number of hydrogen-bond donors (Lipinski definition) is 2. The second-order valence-electron chi connectivity index (χ2n) is 4.27. The molecule has 0 aromatic heterocycles. The minimum absolute atomic E-state index is 0.0992. The minimum Gasteiger partial charge on any atom is -0.396 e. The normalized spacial score (nSPS) is 11.6. The van der Waals surface area contributed by atoms with E-state index in [2.05, 4.69) is 5.32 Å². The smallest absolute Gasteiger partial charge is 0.293 e. The van der Waals surface area contributed by atoms with Gasteiger partial charge in [0.1, 0.15) is 5.69 Å². The molecule has 1 aromatic rings. The second kappa shape index (κ2) is 7.34. The molecule has 0 bridgehead atoms. The van der Waals surface area contributed by atoms with Crippen molar-refractivity contribution < 1.29 is 10.0 Å². The summed E-state index contributed by atoms with van der Waals surface area (Å²) in [4.78, 5) is 10.4. The standard InChI is InChI=1S/C13H17N3O3/c1-2-10(5-6-17)9-15-12-4-3-11(8-14)7-13(12)16(18)19/h3-4,7,10,15,17H,2,5-6,9H2,1H3. The van der Waals surface area contributed by atoms with Crippen molar-refractivity contribution in [1.82, 2.24) is 0 Å². The van der Waals surface area contributed by atoms with Crippen LogP contribution in [0.2, 0.25) is 0 Å². The quantitative estimate of drug-likeness (QED) is 0.580. The van der Waals surface area contributed by atoms with Crippen molar-refractivity contribution in [2.24, 2.45) is 5.92 Å². The zero-order valence-corrected chi connectivity index (χ0v) is 10.8. The highest BCUT2D eigenvalue weighted by atomic mass is 16.6. The van der Waals surface area contributed by atoms with E-state index in [0.29, 0.717) is 18.7 Å². The first-order chi connectivity index (χ1) is 9.12. The lowest BCUT2D eigenvalue weighted by Gasteiger charge is -2.15. The van der Waals surface area contributed by atoms with Crippen molar-refractivity contribution in [2.45, 2.75) is 19.8 Å². The molecule has 1 aromatic carbocycles. The van der Waals surface area contributed by atoms with Gasteiger partial charge in [-0.2, -0.15) is 5.26 Å². The summed E-state index contributed by atoms with van der Waals surface area (Å²) < 4.78 is 0. The third kappa shape index (κ3) is 4.23. The van der Waals surface area contributed by atoms with E-state index in [0.717, 1.165) is 6.42 Å². The molecule has 1 rings (SSSR count). The lowest BCUT2D eigenvalue weighted by atomic mass is 10.0. The van der Waals surface area contributed by atoms with Gasteiger partial charge in [0.2, 0.25) is 0 Å². The Labute approximate surface area is 111 Å². The summed E-state index contributed by atoms with van der Waals surface area (Å²) in [6.07, 6.45) is 1.55. The van der Waals surface area contributed by atoms with E-state index in [1.165, 1.54) is 6.07 Å². The number of nitriles is 1. The van der Waals surface area contributed by atoms with Crippen molar-refractivity contribution in [2.75, 3.05) is 18.5 Å². The Bertz CT molecular complexity index is 483. The molecule has 0 heterocycles. The van der Waals surface area contributed by atoms with Crippen LogP contribution in [-0.2, 0) is 0 Å². The molecule has 19 heavy (non-hydrogen) atoms. The van der Waals surface area contributed by atoms with Crippen molar-refractivity contribution in [3.63, 3.8) is 0 Å². The van der Waals surface area contributed by atoms with Gasteiger partial charge in [0, 0.05) is 19.2 Å². The summed E-state index contributed by atoms with van der Waals surface area (Å²) in [5, 5.41) is 31.6. The molecule has 0 fully saturated rings. The van der Waals surface area contributed by atoms with Gasteiger partial charge in [-0.25, -0.2) is 0 Å². The topological polar surface area (TPSA) is 99.2 Å². The molecule has 1 atom stereocenters. The third-order valence-electron chi connectivity index (χ3n) is 3.02. The summed E-state index contributed by atoms with van der Waals surface area (Å²) in [5.41, 5.74) is 0.568. The number of aliphatic hydroxyl groups excluding tert-OH is 1. The number of nitro groups is 1. The van der Waals surface area contributed by atoms with Crippen molar-refractivity contribution in [3.05, 3.63) is 33.9 Å². The highest BCUT2D eigenvalue weighted by molar-refractivity contribution is 5.64. The van der Waals surface area contributed by atoms with Gasteiger partial charge >= 0.3 is 0 Å². The van der Waals surface area contributed by atoms with Gasteiger partial charge < -0.3 is 10.4 Å². The molecule has 6 nitrogen and oxygen atoms in total. The van der Waals surface area contributed by atoms with E-state index in [-0.39, 0.29) is 23.8 Å². The van der Waals surface area contributed by atoms with Crippen LogP contribution in [0.3, 0.4) is 0 Å². The molecule has 2 N–H and O–H groups in total. The molecule has 0 spiro atoms. The first-order valence-corrected chi connectivity index (χ1v) is 6.15. The SMILES string of the molecule is CCC(CCO)CNc1ccc(C#N)cc1[N+](=O)[O-]. The maximum Gasteiger partial charge on any atom is 0.293 e. The number of aliphatic hydroxyl groups is 1. The van der Waals surface area contributed by atoms with Gasteiger partial charge in [0.25, 0.3) is 5.69 Å². The largest absolute Gasteiger partial charge is 0.396 e. The van der Waals surface area contributed by atoms with Gasteiger partial charge in [-0.05, 0) is 24.5 Å². The monoisotopic (exact) mass is 263 g/mol. The highest BCUT2D eigenvalue weighted by Gasteiger charge is 2.15. The molecule has 0 saturated carbocycles. The van der Waals surface area contributed by atoms with Crippen LogP contribution >= 0.6 is 0 Å². The van der Waals surface area contributed by atoms with E-state index in [4.69, 9.17) is 10.4 Å². The average molecular weight is 263 g/mol. The van der Waals surface area contributed by atoms with E-state index in [1.807, 2.05) is 13.0 Å². The maximum atomic E-state index is 10.9. The molecule has 0 aliphatic carbocycles. The highest BCUT2D eigenvalue weighted by Crippen LogP contribution is 2.26. The van der Waals surface area contributed by atoms with Crippen LogP contribution in [0.4, 0.5) is 11.4 Å². The third-order valence-corrected chi connectivity index (χ3v) is 3.02. The van der Waals surface area contributed by atoms with E-state index in [9.17, 15) is 10.1 Å². The van der Waals surface area contributed by atoms with Crippen molar-refractivity contribution >= 4 is 11.4 Å². The predicted molar refractivity (Wildman–Crippen MR) is 71.8 cm³/mol. The Kier molecular flexibility index (Phi) is 5.76. The summed E-state index contributed by atoms with van der Waals surface area (Å²) >= 11 is 0. The van der Waals surface area contributed by atoms with Gasteiger partial charge in [0.15, 0.2) is 0 Å². The molecule has 0 amide bonds. The molecule has 0 aliphatic rings. The number of hydrogen-bond acceptors (Lipinski definition) is 5. The van der Waals surface area contributed by atoms with Crippen LogP contribution in [-0.4, -0.2) is 23.2 Å². The average Bonchev–Trinajstić information content (AvgIpc) is 2.43. The first-order valence-electron chi connectivity index (χ1n) is 6.15. The molecular formula is C13H17N3O3. The van der Waals surface area contributed by atoms with E-state index < -0.39 is 4.92 Å². The lowest BCUT2D eigenvalue weighted by molar-refractivity contribution is -0.384. The first kappa shape index (κ1) is 14.9. The minimum atomic E-state index is -0.504. The van der Waals surface area contributed by atoms with Crippen molar-refractivity contribution in [1.29, 1.82) is 5.26 Å². The predicted octanol–water partition coefficient (Wildman–Crippen LogP) is 2.29. The van der Waals surface area contributed by atoms with Crippen LogP contribution in [0.25, 0.3) is 0 Å². The number of nitrogens with zero attached hydrogens (tertiary/aromatic N) is 2. The number of anilines is 1. The Hall–Kier alpha value is -2.13. The summed E-state index contributed by atoms with van der Waals surface area (Å²) in [5.74, 6) is 0.264. The van der Waals surface area contributed by atoms with Crippen molar-refractivity contribution in [3.8, 4) is 6.07 Å². The van der Waals surface area contributed by atoms with Crippen LogP contribution < -0.4 is 5.32 Å². The van der Waals surface area contributed by atoms with E-state index >= 15 is 0 Å². The lowest BCUT2D eigenvalue weighted by Crippen LogP contribution is -2.15. The zero-order chi connectivity index (χ0) is 14.3. The molecule has 0 radical (unpaired) electrons. The fraction of sp³-hybridized carbons (Fsp3) is 0.462. The van der Waals surface area contributed by atoms with Crippen LogP contribution in [0, 0.1) is 27.4 Å². The van der Waals surface area contributed by atoms with Crippen LogP contribution in [0.15, 0.2) is 18.2 Å². The molecule has 1 unspecified atom stereocenters. The number of benzene rings is 1. The summed E-state index contributed by atoms with van der Waals surface area (Å²) in [7, 11) is 0. The fourth-order valence-electron chi connectivity index (χ4n) is 1.79. The summed E-state index contributed by atoms with van der Waals surface area (Å²) in [6.45, 7) is 2.68. The molecule has 6 heteroatoms. The van der Waals surface area contributed by atoms with Crippen LogP contribution in [0.5, 0.6) is 0 Å². The number of rotatable bonds is 7. The molecule has 0 saturated heterocycles. The zero-order valence-electron chi connectivity index (χ0n) is 10.8. The maximum absolute atomic E-state index is 10.9. The fourth-order valence-corrected chi connectivity index (χ4v) is 1.79. The van der Waals surface area contributed by atoms with Gasteiger partial charge in [-0.15, -0.1) is 0 Å². The molecular weight excluding hydrogens is 246 g/mol. The Morgan fingerprint density at radius 2 is 2.32 bits per heavy atom. The van der Waals surface area contributed by atoms with Crippen LogP contribution in [0.1, 0.15) is 25.3 Å². The second-order valence-corrected chi connectivity index (χ2v) is 4.27. The van der Waals surface area contributed by atoms with Gasteiger partial charge in [0.05, 0.1) is 16.6 Å². The number of nitrogens with one attached hydrogen (secondary N) is 1. The van der Waals surface area contributed by atoms with Gasteiger partial charge in [-0.3, -0.25) is 10.1 Å². The Morgan fingerprint density at radius 1 is 1.58 bits per heavy atom.